The highest BCUT2D eigenvalue weighted by Crippen LogP contribution is 2.15. The number of hydrogen-bond acceptors (Lipinski definition) is 7. The lowest BCUT2D eigenvalue weighted by molar-refractivity contribution is 0.0528. The van der Waals surface area contributed by atoms with Crippen molar-refractivity contribution in [3.05, 3.63) is 28.3 Å². The lowest BCUT2D eigenvalue weighted by Crippen LogP contribution is -2.25. The topological polar surface area (TPSA) is 120 Å². The second kappa shape index (κ2) is 5.55. The molecule has 0 spiro atoms. The van der Waals surface area contributed by atoms with Gasteiger partial charge in [-0.2, -0.15) is 4.80 Å². The Morgan fingerprint density at radius 1 is 1.38 bits per heavy atom. The summed E-state index contributed by atoms with van der Waals surface area (Å²) in [7, 11) is 0. The monoisotopic (exact) mass is 331 g/mol. The maximum Gasteiger partial charge on any atom is 0.343 e. The van der Waals surface area contributed by atoms with Crippen molar-refractivity contribution < 1.29 is 9.53 Å². The van der Waals surface area contributed by atoms with E-state index in [0.29, 0.717) is 0 Å². The smallest absolute Gasteiger partial charge is 0.343 e. The predicted molar refractivity (Wildman–Crippen MR) is 83.6 cm³/mol. The van der Waals surface area contributed by atoms with Crippen molar-refractivity contribution in [3.63, 3.8) is 0 Å². The maximum absolute atomic E-state index is 12.6. The molecule has 0 saturated carbocycles. The van der Waals surface area contributed by atoms with Gasteiger partial charge in [0.25, 0.3) is 5.56 Å². The van der Waals surface area contributed by atoms with Gasteiger partial charge in [-0.15, -0.1) is 10.2 Å². The zero-order valence-corrected chi connectivity index (χ0v) is 13.8. The Labute approximate surface area is 136 Å². The van der Waals surface area contributed by atoms with Crippen LogP contribution in [0, 0.1) is 0 Å². The number of rotatable bonds is 3. The van der Waals surface area contributed by atoms with Gasteiger partial charge in [-0.05, 0) is 32.9 Å². The minimum Gasteiger partial charge on any atom is -0.462 e. The Balaban J connectivity index is 2.09. The quantitative estimate of drug-likeness (QED) is 0.698. The van der Waals surface area contributed by atoms with E-state index in [9.17, 15) is 9.59 Å². The Kier molecular flexibility index (Phi) is 3.66. The van der Waals surface area contributed by atoms with Crippen LogP contribution in [-0.2, 0) is 10.3 Å². The minimum atomic E-state index is -0.548. The fraction of sp³-hybridized carbons (Fsp3) is 0.429. The van der Waals surface area contributed by atoms with Crippen LogP contribution < -0.4 is 5.56 Å². The number of fused-ring (bicyclic) bond motifs is 1. The van der Waals surface area contributed by atoms with Crippen LogP contribution >= 0.6 is 0 Å². The van der Waals surface area contributed by atoms with Crippen LogP contribution in [0.2, 0.25) is 0 Å². The number of carbonyl (C=O) groups excluding carboxylic acids is 1. The average Bonchev–Trinajstić information content (AvgIpc) is 3.14. The zero-order valence-electron chi connectivity index (χ0n) is 13.8. The molecule has 0 saturated heterocycles. The molecule has 10 heteroatoms. The van der Waals surface area contributed by atoms with Crippen LogP contribution in [0.15, 0.2) is 17.2 Å². The summed E-state index contributed by atoms with van der Waals surface area (Å²) in [5, 5.41) is 14.8. The summed E-state index contributed by atoms with van der Waals surface area (Å²) in [5.74, 6) is -0.378. The number of ether oxygens (including phenoxy) is 1. The van der Waals surface area contributed by atoms with E-state index in [1.165, 1.54) is 17.2 Å². The van der Waals surface area contributed by atoms with Crippen LogP contribution in [0.5, 0.6) is 0 Å². The Bertz CT molecular complexity index is 961. The van der Waals surface area contributed by atoms with E-state index >= 15 is 0 Å². The number of hydrogen-bond donors (Lipinski definition) is 1. The normalized spacial score (nSPS) is 11.8. The molecule has 126 valence electrons. The third-order valence-corrected chi connectivity index (χ3v) is 3.29. The zero-order chi connectivity index (χ0) is 17.5. The molecule has 10 nitrogen and oxygen atoms in total. The summed E-state index contributed by atoms with van der Waals surface area (Å²) >= 11 is 0. The Morgan fingerprint density at radius 3 is 2.75 bits per heavy atom. The molecule has 3 rings (SSSR count). The number of carbonyl (C=O) groups is 1. The van der Waals surface area contributed by atoms with Crippen LogP contribution in [0.1, 0.15) is 38.1 Å². The highest BCUT2D eigenvalue weighted by atomic mass is 16.5. The molecular weight excluding hydrogens is 314 g/mol. The van der Waals surface area contributed by atoms with Gasteiger partial charge in [-0.3, -0.25) is 9.89 Å². The van der Waals surface area contributed by atoms with Crippen molar-refractivity contribution in [2.75, 3.05) is 6.61 Å². The molecule has 1 N–H and O–H groups in total. The average molecular weight is 331 g/mol. The lowest BCUT2D eigenvalue weighted by Gasteiger charge is -2.15. The Morgan fingerprint density at radius 2 is 2.12 bits per heavy atom. The predicted octanol–water partition coefficient (Wildman–Crippen LogP) is 0.608. The number of esters is 1. The van der Waals surface area contributed by atoms with E-state index in [2.05, 4.69) is 25.5 Å². The molecule has 0 aromatic carbocycles. The van der Waals surface area contributed by atoms with Crippen LogP contribution in [-0.4, -0.2) is 47.4 Å². The number of nitrogens with zero attached hydrogens (tertiary/aromatic N) is 6. The van der Waals surface area contributed by atoms with Gasteiger partial charge < -0.3 is 4.74 Å². The molecule has 3 heterocycles. The van der Waals surface area contributed by atoms with Crippen molar-refractivity contribution in [2.24, 2.45) is 0 Å². The fourth-order valence-corrected chi connectivity index (χ4v) is 2.08. The van der Waals surface area contributed by atoms with Gasteiger partial charge in [0.05, 0.1) is 12.1 Å². The first-order valence-corrected chi connectivity index (χ1v) is 7.40. The summed E-state index contributed by atoms with van der Waals surface area (Å²) in [6.07, 6.45) is 2.71. The first-order valence-electron chi connectivity index (χ1n) is 7.40. The molecule has 0 fully saturated rings. The standard InChI is InChI=1S/C14H17N7O3/c1-5-24-13(23)9-7-16-20-11(9)15-6-8(12(20)22)10-17-19-21(18-10)14(2,3)4/h6-7,16H,5H2,1-4H3. The third-order valence-electron chi connectivity index (χ3n) is 3.29. The first kappa shape index (κ1) is 15.8. The Hall–Kier alpha value is -3.04. The van der Waals surface area contributed by atoms with E-state index in [1.807, 2.05) is 20.8 Å². The SMILES string of the molecule is CCOC(=O)c1c[nH]n2c(=O)c(-c3nnn(C(C)(C)C)n3)cnc12. The fourth-order valence-electron chi connectivity index (χ4n) is 2.08. The van der Waals surface area contributed by atoms with Gasteiger partial charge >= 0.3 is 5.97 Å². The molecule has 3 aromatic heterocycles. The summed E-state index contributed by atoms with van der Waals surface area (Å²) in [4.78, 5) is 30.1. The van der Waals surface area contributed by atoms with E-state index in [1.54, 1.807) is 6.92 Å². The number of aromatic nitrogens is 7. The molecule has 3 aromatic rings. The number of H-pyrrole nitrogens is 1. The molecular formula is C14H17N7O3. The van der Waals surface area contributed by atoms with Gasteiger partial charge in [0.2, 0.25) is 5.82 Å². The summed E-state index contributed by atoms with van der Waals surface area (Å²) < 4.78 is 6.09. The van der Waals surface area contributed by atoms with Crippen molar-refractivity contribution in [1.82, 2.24) is 34.8 Å². The highest BCUT2D eigenvalue weighted by molar-refractivity contribution is 5.95. The third kappa shape index (κ3) is 2.55. The van der Waals surface area contributed by atoms with Gasteiger partial charge in [0.15, 0.2) is 5.65 Å². The van der Waals surface area contributed by atoms with Gasteiger partial charge in [-0.1, -0.05) is 0 Å². The van der Waals surface area contributed by atoms with Crippen molar-refractivity contribution in [3.8, 4) is 11.4 Å². The minimum absolute atomic E-state index is 0.170. The van der Waals surface area contributed by atoms with Gasteiger partial charge in [0, 0.05) is 12.4 Å². The molecule has 0 aliphatic heterocycles. The first-order chi connectivity index (χ1) is 11.3. The van der Waals surface area contributed by atoms with E-state index < -0.39 is 11.5 Å². The number of aromatic amines is 1. The molecule has 0 unspecified atom stereocenters. The molecule has 0 radical (unpaired) electrons. The van der Waals surface area contributed by atoms with E-state index in [4.69, 9.17) is 4.74 Å². The van der Waals surface area contributed by atoms with Crippen LogP contribution in [0.3, 0.4) is 0 Å². The number of tetrazole rings is 1. The molecule has 0 amide bonds. The molecule has 0 aliphatic carbocycles. The second-order valence-corrected chi connectivity index (χ2v) is 6.12. The largest absolute Gasteiger partial charge is 0.462 e. The maximum atomic E-state index is 12.6. The molecule has 0 bridgehead atoms. The van der Waals surface area contributed by atoms with Gasteiger partial charge in [0.1, 0.15) is 11.1 Å². The molecule has 0 aliphatic rings. The summed E-state index contributed by atoms with van der Waals surface area (Å²) in [6, 6.07) is 0. The van der Waals surface area contributed by atoms with Crippen molar-refractivity contribution >= 4 is 11.6 Å². The van der Waals surface area contributed by atoms with Crippen LogP contribution in [0.4, 0.5) is 0 Å². The highest BCUT2D eigenvalue weighted by Gasteiger charge is 2.21. The second-order valence-electron chi connectivity index (χ2n) is 6.12. The van der Waals surface area contributed by atoms with Gasteiger partial charge in [-0.25, -0.2) is 14.3 Å². The van der Waals surface area contributed by atoms with E-state index in [-0.39, 0.29) is 34.7 Å². The molecule has 0 atom stereocenters. The number of nitrogens with one attached hydrogen (secondary N) is 1. The van der Waals surface area contributed by atoms with E-state index in [0.717, 1.165) is 4.52 Å². The van der Waals surface area contributed by atoms with Crippen molar-refractivity contribution in [1.29, 1.82) is 0 Å². The lowest BCUT2D eigenvalue weighted by atomic mass is 10.1. The summed E-state index contributed by atoms with van der Waals surface area (Å²) in [6.45, 7) is 7.70. The summed E-state index contributed by atoms with van der Waals surface area (Å²) in [5.41, 5.74) is -0.232. The van der Waals surface area contributed by atoms with Crippen LogP contribution in [0.25, 0.3) is 17.0 Å². The van der Waals surface area contributed by atoms with Crippen molar-refractivity contribution in [2.45, 2.75) is 33.2 Å². The molecule has 24 heavy (non-hydrogen) atoms.